The van der Waals surface area contributed by atoms with Gasteiger partial charge in [-0.1, -0.05) is 36.9 Å². The number of ether oxygens (including phenoxy) is 4. The number of nitrogens with one attached hydrogen (secondary N) is 1. The predicted octanol–water partition coefficient (Wildman–Crippen LogP) is 4.18. The molecule has 1 aromatic heterocycles. The minimum atomic E-state index is -0.599. The van der Waals surface area contributed by atoms with E-state index < -0.39 is 6.23 Å². The first-order valence-electron chi connectivity index (χ1n) is 9.38. The zero-order valence-electron chi connectivity index (χ0n) is 17.1. The summed E-state index contributed by atoms with van der Waals surface area (Å²) in [5, 5.41) is 12.6. The highest BCUT2D eigenvalue weighted by Crippen LogP contribution is 2.43. The second-order valence-electron chi connectivity index (χ2n) is 6.32. The van der Waals surface area contributed by atoms with Crippen molar-refractivity contribution in [3.05, 3.63) is 42.0 Å². The summed E-state index contributed by atoms with van der Waals surface area (Å²) in [5.41, 5.74) is 3.04. The number of fused-ring (bicyclic) bond motifs is 3. The number of hydrogen-bond donors (Lipinski definition) is 1. The lowest BCUT2D eigenvalue weighted by molar-refractivity contribution is 0.218. The maximum Gasteiger partial charge on any atom is 0.247 e. The standard InChI is InChI=1S/C21H22N4O4S/c1-5-30-21-23-20-18(24-25-21)12-8-6-7-9-14(12)22-19(29-20)13-10-16(27-3)17(28-4)11-15(13)26-2/h6-11,19,22H,5H2,1-4H3. The normalized spacial score (nSPS) is 14.5. The number of para-hydroxylation sites is 1. The lowest BCUT2D eigenvalue weighted by atomic mass is 10.1. The summed E-state index contributed by atoms with van der Waals surface area (Å²) in [5.74, 6) is 2.97. The second-order valence-corrected chi connectivity index (χ2v) is 7.55. The SMILES string of the molecule is CCSc1nnc2c(n1)OC(c1cc(OC)c(OC)cc1OC)Nc1ccccc1-2. The highest BCUT2D eigenvalue weighted by atomic mass is 32.2. The van der Waals surface area contributed by atoms with Gasteiger partial charge < -0.3 is 24.3 Å². The molecule has 1 aliphatic rings. The van der Waals surface area contributed by atoms with Crippen molar-refractivity contribution in [3.8, 4) is 34.4 Å². The fourth-order valence-electron chi connectivity index (χ4n) is 3.24. The summed E-state index contributed by atoms with van der Waals surface area (Å²) in [6.07, 6.45) is -0.599. The Morgan fingerprint density at radius 2 is 1.73 bits per heavy atom. The number of benzene rings is 2. The van der Waals surface area contributed by atoms with Gasteiger partial charge in [-0.2, -0.15) is 4.98 Å². The van der Waals surface area contributed by atoms with Gasteiger partial charge in [0.1, 0.15) is 5.75 Å². The van der Waals surface area contributed by atoms with E-state index in [1.54, 1.807) is 27.4 Å². The van der Waals surface area contributed by atoms with Crippen LogP contribution in [0, 0.1) is 0 Å². The molecule has 4 rings (SSSR count). The smallest absolute Gasteiger partial charge is 0.247 e. The molecule has 8 nitrogen and oxygen atoms in total. The monoisotopic (exact) mass is 426 g/mol. The Hall–Kier alpha value is -3.20. The topological polar surface area (TPSA) is 87.6 Å². The summed E-state index contributed by atoms with van der Waals surface area (Å²) in [6, 6.07) is 11.4. The summed E-state index contributed by atoms with van der Waals surface area (Å²) in [7, 11) is 4.77. The molecule has 156 valence electrons. The molecule has 30 heavy (non-hydrogen) atoms. The van der Waals surface area contributed by atoms with Crippen LogP contribution < -0.4 is 24.3 Å². The van der Waals surface area contributed by atoms with E-state index in [-0.39, 0.29) is 0 Å². The van der Waals surface area contributed by atoms with Gasteiger partial charge in [-0.3, -0.25) is 0 Å². The van der Waals surface area contributed by atoms with Crippen LogP contribution in [0.3, 0.4) is 0 Å². The van der Waals surface area contributed by atoms with E-state index >= 15 is 0 Å². The third kappa shape index (κ3) is 3.68. The molecule has 0 spiro atoms. The molecular formula is C21H22N4O4S. The maximum atomic E-state index is 6.31. The molecule has 0 amide bonds. The van der Waals surface area contributed by atoms with Crippen LogP contribution in [-0.4, -0.2) is 42.3 Å². The Kier molecular flexibility index (Phi) is 5.80. The van der Waals surface area contributed by atoms with E-state index in [0.717, 1.165) is 22.6 Å². The molecular weight excluding hydrogens is 404 g/mol. The highest BCUT2D eigenvalue weighted by Gasteiger charge is 2.29. The third-order valence-corrected chi connectivity index (χ3v) is 5.35. The van der Waals surface area contributed by atoms with Gasteiger partial charge in [0.2, 0.25) is 17.3 Å². The number of anilines is 1. The van der Waals surface area contributed by atoms with Crippen LogP contribution in [0.4, 0.5) is 5.69 Å². The first-order valence-corrected chi connectivity index (χ1v) is 10.4. The van der Waals surface area contributed by atoms with Gasteiger partial charge in [-0.15, -0.1) is 10.2 Å². The highest BCUT2D eigenvalue weighted by molar-refractivity contribution is 7.99. The van der Waals surface area contributed by atoms with Gasteiger partial charge in [-0.25, -0.2) is 0 Å². The number of nitrogens with zero attached hydrogens (tertiary/aromatic N) is 3. The summed E-state index contributed by atoms with van der Waals surface area (Å²) < 4.78 is 22.8. The van der Waals surface area contributed by atoms with E-state index in [2.05, 4.69) is 20.5 Å². The fourth-order valence-corrected chi connectivity index (χ4v) is 3.74. The number of methoxy groups -OCH3 is 3. The van der Waals surface area contributed by atoms with Crippen LogP contribution in [0.15, 0.2) is 41.6 Å². The van der Waals surface area contributed by atoms with Crippen molar-refractivity contribution in [2.75, 3.05) is 32.4 Å². The molecule has 2 heterocycles. The van der Waals surface area contributed by atoms with Gasteiger partial charge in [0, 0.05) is 17.3 Å². The molecule has 0 fully saturated rings. The molecule has 9 heteroatoms. The van der Waals surface area contributed by atoms with Crippen LogP contribution in [0.1, 0.15) is 18.7 Å². The van der Waals surface area contributed by atoms with Crippen molar-refractivity contribution in [1.29, 1.82) is 0 Å². The van der Waals surface area contributed by atoms with E-state index in [9.17, 15) is 0 Å². The minimum Gasteiger partial charge on any atom is -0.496 e. The zero-order valence-corrected chi connectivity index (χ0v) is 17.9. The average molecular weight is 426 g/mol. The molecule has 0 saturated heterocycles. The molecule has 1 aliphatic heterocycles. The summed E-state index contributed by atoms with van der Waals surface area (Å²) >= 11 is 1.51. The van der Waals surface area contributed by atoms with Crippen molar-refractivity contribution in [2.45, 2.75) is 18.3 Å². The number of thioether (sulfide) groups is 1. The van der Waals surface area contributed by atoms with Gasteiger partial charge in [0.05, 0.1) is 26.9 Å². The maximum absolute atomic E-state index is 6.31. The van der Waals surface area contributed by atoms with Crippen LogP contribution in [0.5, 0.6) is 23.1 Å². The van der Waals surface area contributed by atoms with E-state index in [0.29, 0.717) is 34.0 Å². The fraction of sp³-hybridized carbons (Fsp3) is 0.286. The molecule has 0 radical (unpaired) electrons. The minimum absolute atomic E-state index is 0.403. The molecule has 3 aromatic rings. The van der Waals surface area contributed by atoms with Gasteiger partial charge in [0.15, 0.2) is 17.2 Å². The van der Waals surface area contributed by atoms with Crippen LogP contribution in [-0.2, 0) is 0 Å². The van der Waals surface area contributed by atoms with Crippen molar-refractivity contribution in [3.63, 3.8) is 0 Å². The van der Waals surface area contributed by atoms with E-state index in [1.165, 1.54) is 11.8 Å². The molecule has 1 N–H and O–H groups in total. The van der Waals surface area contributed by atoms with Crippen molar-refractivity contribution in [2.24, 2.45) is 0 Å². The molecule has 0 saturated carbocycles. The predicted molar refractivity (Wildman–Crippen MR) is 115 cm³/mol. The number of aromatic nitrogens is 3. The van der Waals surface area contributed by atoms with Crippen LogP contribution in [0.25, 0.3) is 11.3 Å². The van der Waals surface area contributed by atoms with Crippen molar-refractivity contribution in [1.82, 2.24) is 15.2 Å². The molecule has 1 atom stereocenters. The van der Waals surface area contributed by atoms with Gasteiger partial charge in [0.25, 0.3) is 0 Å². The number of hydrogen-bond acceptors (Lipinski definition) is 9. The van der Waals surface area contributed by atoms with Gasteiger partial charge >= 0.3 is 0 Å². The largest absolute Gasteiger partial charge is 0.496 e. The Morgan fingerprint density at radius 3 is 2.47 bits per heavy atom. The molecule has 0 aliphatic carbocycles. The first-order chi connectivity index (χ1) is 14.7. The van der Waals surface area contributed by atoms with Crippen molar-refractivity contribution >= 4 is 17.4 Å². The lowest BCUT2D eigenvalue weighted by Crippen LogP contribution is -2.18. The molecule has 1 unspecified atom stereocenters. The Labute approximate surface area is 178 Å². The Bertz CT molecular complexity index is 1060. The zero-order chi connectivity index (χ0) is 21.1. The second kappa shape index (κ2) is 8.66. The summed E-state index contributed by atoms with van der Waals surface area (Å²) in [6.45, 7) is 2.04. The Balaban J connectivity index is 1.86. The van der Waals surface area contributed by atoms with Crippen LogP contribution >= 0.6 is 11.8 Å². The third-order valence-electron chi connectivity index (χ3n) is 4.63. The molecule has 0 bridgehead atoms. The van der Waals surface area contributed by atoms with Crippen molar-refractivity contribution < 1.29 is 18.9 Å². The average Bonchev–Trinajstić information content (AvgIpc) is 2.94. The lowest BCUT2D eigenvalue weighted by Gasteiger charge is -2.22. The van der Waals surface area contributed by atoms with Gasteiger partial charge in [-0.05, 0) is 17.9 Å². The van der Waals surface area contributed by atoms with E-state index in [4.69, 9.17) is 18.9 Å². The summed E-state index contributed by atoms with van der Waals surface area (Å²) in [4.78, 5) is 4.60. The quantitative estimate of drug-likeness (QED) is 0.583. The van der Waals surface area contributed by atoms with Crippen LogP contribution in [0.2, 0.25) is 0 Å². The first kappa shape index (κ1) is 20.1. The van der Waals surface area contributed by atoms with E-state index in [1.807, 2.05) is 37.3 Å². The number of rotatable bonds is 6. The molecule has 2 aromatic carbocycles. The Morgan fingerprint density at radius 1 is 1.00 bits per heavy atom.